The van der Waals surface area contributed by atoms with E-state index in [-0.39, 0.29) is 23.8 Å². The van der Waals surface area contributed by atoms with E-state index in [9.17, 15) is 9.59 Å². The van der Waals surface area contributed by atoms with Crippen LogP contribution in [-0.2, 0) is 9.53 Å². The van der Waals surface area contributed by atoms with Crippen molar-refractivity contribution in [1.29, 1.82) is 0 Å². The Labute approximate surface area is 214 Å². The zero-order valence-corrected chi connectivity index (χ0v) is 21.5. The van der Waals surface area contributed by atoms with Crippen LogP contribution in [-0.4, -0.2) is 41.7 Å². The molecule has 1 aromatic heterocycles. The number of methoxy groups -OCH3 is 1. The summed E-state index contributed by atoms with van der Waals surface area (Å²) in [5.74, 6) is 0.878. The zero-order chi connectivity index (χ0) is 25.7. The summed E-state index contributed by atoms with van der Waals surface area (Å²) in [6, 6.07) is 10.5. The van der Waals surface area contributed by atoms with E-state index in [2.05, 4.69) is 5.10 Å². The van der Waals surface area contributed by atoms with Gasteiger partial charge >= 0.3 is 5.97 Å². The third kappa shape index (κ3) is 5.54. The Balaban J connectivity index is 1.81. The molecule has 0 aliphatic heterocycles. The van der Waals surface area contributed by atoms with Gasteiger partial charge in [-0.2, -0.15) is 9.78 Å². The first-order valence-corrected chi connectivity index (χ1v) is 12.6. The van der Waals surface area contributed by atoms with E-state index < -0.39 is 12.1 Å². The molecule has 0 unspecified atom stereocenters. The van der Waals surface area contributed by atoms with E-state index in [1.807, 2.05) is 18.2 Å². The Morgan fingerprint density at radius 1 is 1.25 bits per heavy atom. The number of benzene rings is 2. The summed E-state index contributed by atoms with van der Waals surface area (Å²) in [6.07, 6.45) is 5.87. The van der Waals surface area contributed by atoms with Crippen molar-refractivity contribution in [3.8, 4) is 11.5 Å². The smallest absolute Gasteiger partial charge is 0.347 e. The van der Waals surface area contributed by atoms with E-state index in [1.54, 1.807) is 32.0 Å². The molecule has 1 heterocycles. The second-order valence-corrected chi connectivity index (χ2v) is 9.16. The Bertz CT molecular complexity index is 1330. The van der Waals surface area contributed by atoms with Crippen LogP contribution in [0.4, 0.5) is 0 Å². The van der Waals surface area contributed by atoms with Crippen LogP contribution in [0.3, 0.4) is 0 Å². The lowest BCUT2D eigenvalue weighted by Crippen LogP contribution is -2.27. The molecule has 1 fully saturated rings. The van der Waals surface area contributed by atoms with E-state index in [0.717, 1.165) is 25.7 Å². The van der Waals surface area contributed by atoms with Crippen LogP contribution in [0.5, 0.6) is 11.5 Å². The van der Waals surface area contributed by atoms with Crippen molar-refractivity contribution in [2.75, 3.05) is 13.7 Å². The number of hydrogen-bond acceptors (Lipinski definition) is 7. The minimum Gasteiger partial charge on any atom is -0.493 e. The highest BCUT2D eigenvalue weighted by molar-refractivity contribution is 6.31. The highest BCUT2D eigenvalue weighted by atomic mass is 35.5. The zero-order valence-electron chi connectivity index (χ0n) is 20.7. The van der Waals surface area contributed by atoms with Gasteiger partial charge in [0.2, 0.25) is 0 Å². The maximum absolute atomic E-state index is 13.5. The van der Waals surface area contributed by atoms with Crippen LogP contribution in [0.1, 0.15) is 63.3 Å². The monoisotopic (exact) mass is 511 g/mol. The van der Waals surface area contributed by atoms with Gasteiger partial charge in [0.15, 0.2) is 17.6 Å². The molecule has 0 N–H and O–H groups in total. The second-order valence-electron chi connectivity index (χ2n) is 8.72. The Kier molecular flexibility index (Phi) is 8.25. The van der Waals surface area contributed by atoms with Crippen LogP contribution in [0.15, 0.2) is 46.3 Å². The molecule has 1 aliphatic carbocycles. The summed E-state index contributed by atoms with van der Waals surface area (Å²) in [4.78, 5) is 30.5. The summed E-state index contributed by atoms with van der Waals surface area (Å²) in [5, 5.41) is 5.45. The SMILES string of the molecule is CCOC(=O)[C@@H](C)Oc1c(C=Nn2c(C3CCCCC3)nc3ccccc3c2=O)cc(Cl)cc1OC. The molecule has 3 aromatic rings. The lowest BCUT2D eigenvalue weighted by Gasteiger charge is -2.23. The fourth-order valence-electron chi connectivity index (χ4n) is 4.44. The van der Waals surface area contributed by atoms with Crippen molar-refractivity contribution >= 4 is 34.7 Å². The Morgan fingerprint density at radius 3 is 2.72 bits per heavy atom. The molecule has 1 aliphatic rings. The predicted octanol–water partition coefficient (Wildman–Crippen LogP) is 5.32. The number of rotatable bonds is 8. The van der Waals surface area contributed by atoms with Crippen molar-refractivity contribution in [1.82, 2.24) is 9.66 Å². The molecular weight excluding hydrogens is 482 g/mol. The summed E-state index contributed by atoms with van der Waals surface area (Å²) in [7, 11) is 1.48. The summed E-state index contributed by atoms with van der Waals surface area (Å²) in [6.45, 7) is 3.55. The van der Waals surface area contributed by atoms with E-state index in [4.69, 9.17) is 30.8 Å². The molecular formula is C27H30ClN3O5. The molecule has 1 saturated carbocycles. The molecule has 1 atom stereocenters. The van der Waals surface area contributed by atoms with Crippen LogP contribution in [0.2, 0.25) is 5.02 Å². The minimum absolute atomic E-state index is 0.140. The first-order valence-electron chi connectivity index (χ1n) is 12.2. The molecule has 0 bridgehead atoms. The molecule has 9 heteroatoms. The third-order valence-corrected chi connectivity index (χ3v) is 6.46. The number of fused-ring (bicyclic) bond motifs is 1. The average Bonchev–Trinajstić information content (AvgIpc) is 2.89. The number of aromatic nitrogens is 2. The normalized spacial score (nSPS) is 15.2. The molecule has 0 spiro atoms. The summed E-state index contributed by atoms with van der Waals surface area (Å²) in [5.41, 5.74) is 0.866. The number of hydrogen-bond donors (Lipinski definition) is 0. The van der Waals surface area contributed by atoms with Gasteiger partial charge in [-0.1, -0.05) is 43.0 Å². The van der Waals surface area contributed by atoms with Crippen LogP contribution >= 0.6 is 11.6 Å². The van der Waals surface area contributed by atoms with Crippen LogP contribution in [0, 0.1) is 0 Å². The highest BCUT2D eigenvalue weighted by Crippen LogP contribution is 2.35. The van der Waals surface area contributed by atoms with Crippen molar-refractivity contribution in [3.63, 3.8) is 0 Å². The van der Waals surface area contributed by atoms with Crippen molar-refractivity contribution in [2.24, 2.45) is 5.10 Å². The first kappa shape index (κ1) is 25.7. The molecule has 190 valence electrons. The summed E-state index contributed by atoms with van der Waals surface area (Å²) < 4.78 is 17.8. The molecule has 4 rings (SSSR count). The fraction of sp³-hybridized carbons (Fsp3) is 0.407. The average molecular weight is 512 g/mol. The standard InChI is InChI=1S/C27H30ClN3O5/c1-4-35-27(33)17(2)36-24-19(14-20(28)15-23(24)34-3)16-29-31-25(18-10-6-5-7-11-18)30-22-13-9-8-12-21(22)26(31)32/h8-9,12-18H,4-7,10-11H2,1-3H3/t17-/m1/s1. The van der Waals surface area contributed by atoms with E-state index in [1.165, 1.54) is 24.4 Å². The van der Waals surface area contributed by atoms with E-state index in [0.29, 0.717) is 33.1 Å². The van der Waals surface area contributed by atoms with Gasteiger partial charge in [0.1, 0.15) is 5.82 Å². The maximum Gasteiger partial charge on any atom is 0.347 e. The van der Waals surface area contributed by atoms with Gasteiger partial charge in [-0.15, -0.1) is 0 Å². The van der Waals surface area contributed by atoms with Crippen molar-refractivity contribution < 1.29 is 19.0 Å². The van der Waals surface area contributed by atoms with Gasteiger partial charge in [0, 0.05) is 22.6 Å². The lowest BCUT2D eigenvalue weighted by atomic mass is 9.88. The highest BCUT2D eigenvalue weighted by Gasteiger charge is 2.23. The van der Waals surface area contributed by atoms with Gasteiger partial charge in [-0.25, -0.2) is 9.78 Å². The van der Waals surface area contributed by atoms with Gasteiger partial charge in [-0.05, 0) is 44.9 Å². The van der Waals surface area contributed by atoms with Crippen LogP contribution < -0.4 is 15.0 Å². The van der Waals surface area contributed by atoms with Gasteiger partial charge in [0.05, 0.1) is 30.8 Å². The number of esters is 1. The fourth-order valence-corrected chi connectivity index (χ4v) is 4.66. The molecule has 2 aromatic carbocycles. The van der Waals surface area contributed by atoms with Crippen molar-refractivity contribution in [3.05, 3.63) is 63.2 Å². The molecule has 0 saturated heterocycles. The number of nitrogens with zero attached hydrogens (tertiary/aromatic N) is 3. The van der Waals surface area contributed by atoms with Crippen LogP contribution in [0.25, 0.3) is 10.9 Å². The molecule has 0 radical (unpaired) electrons. The van der Waals surface area contributed by atoms with Crippen molar-refractivity contribution in [2.45, 2.75) is 58.0 Å². The largest absolute Gasteiger partial charge is 0.493 e. The number of carbonyl (C=O) groups is 1. The second kappa shape index (κ2) is 11.6. The predicted molar refractivity (Wildman–Crippen MR) is 140 cm³/mol. The van der Waals surface area contributed by atoms with Gasteiger partial charge < -0.3 is 14.2 Å². The van der Waals surface area contributed by atoms with E-state index >= 15 is 0 Å². The number of carbonyl (C=O) groups excluding carboxylic acids is 1. The quantitative estimate of drug-likeness (QED) is 0.300. The van der Waals surface area contributed by atoms with Gasteiger partial charge in [0.25, 0.3) is 5.56 Å². The maximum atomic E-state index is 13.5. The molecule has 36 heavy (non-hydrogen) atoms. The first-order chi connectivity index (χ1) is 17.4. The number of para-hydroxylation sites is 1. The molecule has 8 nitrogen and oxygen atoms in total. The minimum atomic E-state index is -0.893. The third-order valence-electron chi connectivity index (χ3n) is 6.24. The lowest BCUT2D eigenvalue weighted by molar-refractivity contribution is -0.150. The Hall–Kier alpha value is -3.39. The topological polar surface area (TPSA) is 92.0 Å². The molecule has 0 amide bonds. The summed E-state index contributed by atoms with van der Waals surface area (Å²) >= 11 is 6.32. The Morgan fingerprint density at radius 2 is 2.00 bits per heavy atom. The number of halogens is 1. The number of ether oxygens (including phenoxy) is 3. The van der Waals surface area contributed by atoms with Gasteiger partial charge in [-0.3, -0.25) is 4.79 Å².